The van der Waals surface area contributed by atoms with Gasteiger partial charge in [-0.1, -0.05) is 182 Å². The summed E-state index contributed by atoms with van der Waals surface area (Å²) in [6, 6.07) is 110. The largest absolute Gasteiger partial charge is 0.310 e. The first kappa shape index (κ1) is 45.0. The number of benzene rings is 13. The zero-order chi connectivity index (χ0) is 51.5. The van der Waals surface area contributed by atoms with Gasteiger partial charge in [-0.15, -0.1) is 0 Å². The third kappa shape index (κ3) is 7.77. The molecule has 13 aromatic carbocycles. The summed E-state index contributed by atoms with van der Waals surface area (Å²) in [5.41, 5.74) is 18.3. The van der Waals surface area contributed by atoms with E-state index in [-0.39, 0.29) is 0 Å². The molecule has 0 unspecified atom stereocenters. The third-order valence-electron chi connectivity index (χ3n) is 15.6. The van der Waals surface area contributed by atoms with Crippen molar-refractivity contribution in [1.82, 2.24) is 9.13 Å². The molecular weight excluding hydrogens is 945 g/mol. The van der Waals surface area contributed by atoms with Gasteiger partial charge in [-0.25, -0.2) is 0 Å². The Morgan fingerprint density at radius 2 is 0.487 bits per heavy atom. The van der Waals surface area contributed by atoms with Crippen molar-refractivity contribution >= 4 is 99.3 Å². The van der Waals surface area contributed by atoms with Crippen LogP contribution in [0.25, 0.3) is 98.8 Å². The van der Waals surface area contributed by atoms with Crippen LogP contribution in [0.3, 0.4) is 0 Å². The molecule has 2 heterocycles. The fourth-order valence-electron chi connectivity index (χ4n) is 11.9. The molecule has 366 valence electrons. The van der Waals surface area contributed by atoms with E-state index in [1.54, 1.807) is 0 Å². The maximum absolute atomic E-state index is 2.39. The lowest BCUT2D eigenvalue weighted by Crippen LogP contribution is -2.10. The van der Waals surface area contributed by atoms with Crippen molar-refractivity contribution < 1.29 is 0 Å². The Labute approximate surface area is 452 Å². The zero-order valence-electron chi connectivity index (χ0n) is 42.7. The van der Waals surface area contributed by atoms with E-state index in [4.69, 9.17) is 0 Å². The summed E-state index contributed by atoms with van der Waals surface area (Å²) in [7, 11) is 0. The number of fused-ring (bicyclic) bond motifs is 8. The normalized spacial score (nSPS) is 11.6. The van der Waals surface area contributed by atoms with Crippen LogP contribution in [0, 0.1) is 0 Å². The number of hydrogen-bond donors (Lipinski definition) is 0. The van der Waals surface area contributed by atoms with Gasteiger partial charge in [-0.2, -0.15) is 0 Å². The summed E-state index contributed by atoms with van der Waals surface area (Å²) >= 11 is 0. The van der Waals surface area contributed by atoms with Crippen LogP contribution in [-0.2, 0) is 0 Å². The molecule has 0 atom stereocenters. The number of aromatic nitrogens is 2. The van der Waals surface area contributed by atoms with Gasteiger partial charge in [0.25, 0.3) is 0 Å². The minimum atomic E-state index is 1.09. The fourth-order valence-corrected chi connectivity index (χ4v) is 11.9. The number of anilines is 6. The summed E-state index contributed by atoms with van der Waals surface area (Å²) in [5.74, 6) is 0. The maximum atomic E-state index is 2.39. The van der Waals surface area contributed by atoms with Crippen LogP contribution >= 0.6 is 0 Å². The van der Waals surface area contributed by atoms with Gasteiger partial charge >= 0.3 is 0 Å². The second-order valence-electron chi connectivity index (χ2n) is 20.2. The number of hydrogen-bond acceptors (Lipinski definition) is 2. The van der Waals surface area contributed by atoms with Crippen molar-refractivity contribution in [3.05, 3.63) is 303 Å². The van der Waals surface area contributed by atoms with Crippen molar-refractivity contribution in [3.63, 3.8) is 0 Å². The van der Waals surface area contributed by atoms with Gasteiger partial charge in [0.05, 0.1) is 22.1 Å². The van der Waals surface area contributed by atoms with E-state index in [2.05, 4.69) is 322 Å². The fraction of sp³-hybridized carbons (Fsp3) is 0. The molecule has 0 spiro atoms. The summed E-state index contributed by atoms with van der Waals surface area (Å²) < 4.78 is 4.75. The SMILES string of the molecule is c1ccc(-n2c3ccccc3c3cc(N(c4ccc(-c5ccc(-c6ccc(N(c7ccc8ccccc8c7)c7ccc8c(c7)c7ccccc7n8-c7ccccc7)cc6)cc5)cc4)c4ccc5ccccc5c4)ccc32)cc1. The lowest BCUT2D eigenvalue weighted by Gasteiger charge is -2.26. The Hall–Kier alpha value is -10.4. The molecule has 15 rings (SSSR count). The molecule has 0 saturated heterocycles. The van der Waals surface area contributed by atoms with E-state index in [0.717, 1.165) is 56.6 Å². The molecule has 0 aliphatic rings. The standard InChI is InChI=1S/C74H50N4/c1-3-19-59(20-4-1)77-71-25-13-11-23-67(71)69-49-65(43-45-73(69)77)75(63-41-35-51-15-7-9-17-57(51)47-63)61-37-31-55(32-38-61)53-27-29-54(30-28-53)56-33-39-62(40-34-56)76(64-42-36-52-16-8-10-18-58(52)48-64)66-44-46-74-70(50-66)68-24-12-14-26-72(68)78(74)60-21-5-2-6-22-60/h1-50H. The minimum absolute atomic E-state index is 1.09. The minimum Gasteiger partial charge on any atom is -0.310 e. The number of para-hydroxylation sites is 4. The first-order chi connectivity index (χ1) is 38.7. The highest BCUT2D eigenvalue weighted by molar-refractivity contribution is 6.12. The van der Waals surface area contributed by atoms with Crippen molar-refractivity contribution in [2.45, 2.75) is 0 Å². The van der Waals surface area contributed by atoms with E-state index in [1.165, 1.54) is 76.3 Å². The topological polar surface area (TPSA) is 16.3 Å². The Kier molecular flexibility index (Phi) is 10.8. The highest BCUT2D eigenvalue weighted by Gasteiger charge is 2.20. The van der Waals surface area contributed by atoms with Crippen LogP contribution in [0.2, 0.25) is 0 Å². The quantitative estimate of drug-likeness (QED) is 0.136. The van der Waals surface area contributed by atoms with E-state index in [9.17, 15) is 0 Å². The molecule has 0 aliphatic heterocycles. The molecule has 78 heavy (non-hydrogen) atoms. The van der Waals surface area contributed by atoms with Gasteiger partial charge in [0.2, 0.25) is 0 Å². The highest BCUT2D eigenvalue weighted by atomic mass is 15.1. The monoisotopic (exact) mass is 994 g/mol. The summed E-state index contributed by atoms with van der Waals surface area (Å²) in [5, 5.41) is 9.74. The van der Waals surface area contributed by atoms with Crippen LogP contribution in [0.1, 0.15) is 0 Å². The third-order valence-corrected chi connectivity index (χ3v) is 15.6. The first-order valence-corrected chi connectivity index (χ1v) is 26.7. The van der Waals surface area contributed by atoms with Crippen molar-refractivity contribution in [2.75, 3.05) is 9.80 Å². The molecule has 0 aliphatic carbocycles. The molecule has 0 radical (unpaired) electrons. The van der Waals surface area contributed by atoms with Gasteiger partial charge in [-0.3, -0.25) is 0 Å². The lowest BCUT2D eigenvalue weighted by molar-refractivity contribution is 1.18. The van der Waals surface area contributed by atoms with E-state index in [0.29, 0.717) is 0 Å². The van der Waals surface area contributed by atoms with Crippen LogP contribution < -0.4 is 9.80 Å². The van der Waals surface area contributed by atoms with Gasteiger partial charge in [0, 0.05) is 67.0 Å². The molecule has 0 bridgehead atoms. The Morgan fingerprint density at radius 1 is 0.192 bits per heavy atom. The van der Waals surface area contributed by atoms with Crippen molar-refractivity contribution in [3.8, 4) is 33.6 Å². The lowest BCUT2D eigenvalue weighted by atomic mass is 9.99. The predicted molar refractivity (Wildman–Crippen MR) is 330 cm³/mol. The van der Waals surface area contributed by atoms with Crippen LogP contribution in [-0.4, -0.2) is 9.13 Å². The number of rotatable bonds is 10. The smallest absolute Gasteiger partial charge is 0.0542 e. The van der Waals surface area contributed by atoms with Gasteiger partial charge in [-0.05, 0) is 165 Å². The van der Waals surface area contributed by atoms with Crippen molar-refractivity contribution in [2.24, 2.45) is 0 Å². The molecule has 4 nitrogen and oxygen atoms in total. The van der Waals surface area contributed by atoms with E-state index in [1.807, 2.05) is 0 Å². The Bertz CT molecular complexity index is 4410. The molecule has 0 N–H and O–H groups in total. The predicted octanol–water partition coefficient (Wildman–Crippen LogP) is 20.5. The van der Waals surface area contributed by atoms with Crippen LogP contribution in [0.4, 0.5) is 34.1 Å². The van der Waals surface area contributed by atoms with E-state index >= 15 is 0 Å². The van der Waals surface area contributed by atoms with Crippen molar-refractivity contribution in [1.29, 1.82) is 0 Å². The Balaban J connectivity index is 0.759. The first-order valence-electron chi connectivity index (χ1n) is 26.7. The molecule has 0 saturated carbocycles. The van der Waals surface area contributed by atoms with Gasteiger partial charge < -0.3 is 18.9 Å². The zero-order valence-corrected chi connectivity index (χ0v) is 42.7. The molecule has 4 heteroatoms. The maximum Gasteiger partial charge on any atom is 0.0542 e. The van der Waals surface area contributed by atoms with Crippen LogP contribution in [0.5, 0.6) is 0 Å². The average molecular weight is 995 g/mol. The molecule has 2 aromatic heterocycles. The van der Waals surface area contributed by atoms with Gasteiger partial charge in [0.1, 0.15) is 0 Å². The highest BCUT2D eigenvalue weighted by Crippen LogP contribution is 2.44. The van der Waals surface area contributed by atoms with Gasteiger partial charge in [0.15, 0.2) is 0 Å². The summed E-state index contributed by atoms with van der Waals surface area (Å²) in [6.07, 6.45) is 0. The summed E-state index contributed by atoms with van der Waals surface area (Å²) in [4.78, 5) is 4.78. The molecule has 0 fully saturated rings. The summed E-state index contributed by atoms with van der Waals surface area (Å²) in [6.45, 7) is 0. The Morgan fingerprint density at radius 3 is 0.897 bits per heavy atom. The molecule has 0 amide bonds. The molecular formula is C74H50N4. The second kappa shape index (κ2) is 18.7. The van der Waals surface area contributed by atoms with Crippen LogP contribution in [0.15, 0.2) is 303 Å². The average Bonchev–Trinajstić information content (AvgIpc) is 4.07. The number of nitrogens with zero attached hydrogens (tertiary/aromatic N) is 4. The second-order valence-corrected chi connectivity index (χ2v) is 20.2. The van der Waals surface area contributed by atoms with E-state index < -0.39 is 0 Å². The molecule has 15 aromatic rings.